The summed E-state index contributed by atoms with van der Waals surface area (Å²) in [5, 5.41) is 5.40. The van der Waals surface area contributed by atoms with Crippen LogP contribution in [-0.2, 0) is 6.54 Å². The number of methoxy groups -OCH3 is 1. The van der Waals surface area contributed by atoms with Crippen LogP contribution >= 0.6 is 35.4 Å². The van der Waals surface area contributed by atoms with Crippen LogP contribution in [0.15, 0.2) is 42.5 Å². The van der Waals surface area contributed by atoms with Gasteiger partial charge in [0.25, 0.3) is 0 Å². The predicted molar refractivity (Wildman–Crippen MR) is 113 cm³/mol. The molecule has 0 amide bonds. The second kappa shape index (κ2) is 8.91. The summed E-state index contributed by atoms with van der Waals surface area (Å²) in [5.41, 5.74) is 1.94. The van der Waals surface area contributed by atoms with Crippen molar-refractivity contribution in [2.45, 2.75) is 6.54 Å². The Labute approximate surface area is 169 Å². The average molecular weight is 410 g/mol. The standard InChI is InChI=1S/C19H21Cl2N3OS/c1-25-18-7-6-15(20)12-17(18)22-19(26)24-10-8-23(9-11-24)13-14-4-2-3-5-16(14)21/h2-7,12H,8-11,13H2,1H3,(H,22,26). The summed E-state index contributed by atoms with van der Waals surface area (Å²) in [5.74, 6) is 0.717. The molecule has 26 heavy (non-hydrogen) atoms. The van der Waals surface area contributed by atoms with Gasteiger partial charge in [-0.25, -0.2) is 0 Å². The van der Waals surface area contributed by atoms with Crippen LogP contribution in [-0.4, -0.2) is 48.2 Å². The largest absolute Gasteiger partial charge is 0.495 e. The number of benzene rings is 2. The first-order valence-electron chi connectivity index (χ1n) is 8.42. The third kappa shape index (κ3) is 4.80. The average Bonchev–Trinajstić information content (AvgIpc) is 2.64. The quantitative estimate of drug-likeness (QED) is 0.749. The lowest BCUT2D eigenvalue weighted by atomic mass is 10.2. The zero-order chi connectivity index (χ0) is 18.5. The van der Waals surface area contributed by atoms with Crippen LogP contribution < -0.4 is 10.1 Å². The first-order chi connectivity index (χ1) is 12.6. The molecule has 3 rings (SSSR count). The lowest BCUT2D eigenvalue weighted by Crippen LogP contribution is -2.49. The van der Waals surface area contributed by atoms with Crippen molar-refractivity contribution in [3.63, 3.8) is 0 Å². The summed E-state index contributed by atoms with van der Waals surface area (Å²) in [7, 11) is 1.63. The Balaban J connectivity index is 1.55. The monoisotopic (exact) mass is 409 g/mol. The molecule has 1 saturated heterocycles. The second-order valence-corrected chi connectivity index (χ2v) is 7.36. The number of ether oxygens (including phenoxy) is 1. The van der Waals surface area contributed by atoms with Gasteiger partial charge in [-0.05, 0) is 42.0 Å². The van der Waals surface area contributed by atoms with Gasteiger partial charge < -0.3 is 15.0 Å². The van der Waals surface area contributed by atoms with E-state index in [-0.39, 0.29) is 0 Å². The van der Waals surface area contributed by atoms with Crippen LogP contribution in [0.4, 0.5) is 5.69 Å². The highest BCUT2D eigenvalue weighted by Crippen LogP contribution is 2.28. The number of rotatable bonds is 4. The molecule has 2 aromatic rings. The van der Waals surface area contributed by atoms with Crippen molar-refractivity contribution >= 4 is 46.2 Å². The molecule has 7 heteroatoms. The zero-order valence-corrected chi connectivity index (χ0v) is 16.9. The maximum Gasteiger partial charge on any atom is 0.173 e. The predicted octanol–water partition coefficient (Wildman–Crippen LogP) is 4.52. The van der Waals surface area contributed by atoms with Crippen molar-refractivity contribution in [2.75, 3.05) is 38.6 Å². The summed E-state index contributed by atoms with van der Waals surface area (Å²) in [6.45, 7) is 4.44. The van der Waals surface area contributed by atoms with Crippen LogP contribution in [0, 0.1) is 0 Å². The SMILES string of the molecule is COc1ccc(Cl)cc1NC(=S)N1CCN(Cc2ccccc2Cl)CC1. The molecule has 0 bridgehead atoms. The Kier molecular flexibility index (Phi) is 6.59. The van der Waals surface area contributed by atoms with E-state index in [0.717, 1.165) is 49.0 Å². The molecule has 1 fully saturated rings. The normalized spacial score (nSPS) is 15.0. The van der Waals surface area contributed by atoms with Crippen molar-refractivity contribution in [1.29, 1.82) is 0 Å². The first-order valence-corrected chi connectivity index (χ1v) is 9.58. The van der Waals surface area contributed by atoms with E-state index in [1.807, 2.05) is 30.3 Å². The molecule has 1 aliphatic rings. The van der Waals surface area contributed by atoms with Gasteiger partial charge in [0.15, 0.2) is 5.11 Å². The number of nitrogens with zero attached hydrogens (tertiary/aromatic N) is 2. The number of anilines is 1. The summed E-state index contributed by atoms with van der Waals surface area (Å²) in [6, 6.07) is 13.4. The lowest BCUT2D eigenvalue weighted by molar-refractivity contribution is 0.177. The van der Waals surface area contributed by atoms with Gasteiger partial charge in [-0.2, -0.15) is 0 Å². The minimum Gasteiger partial charge on any atom is -0.495 e. The summed E-state index contributed by atoms with van der Waals surface area (Å²) in [4.78, 5) is 4.55. The number of halogens is 2. The molecule has 0 radical (unpaired) electrons. The zero-order valence-electron chi connectivity index (χ0n) is 14.5. The third-order valence-electron chi connectivity index (χ3n) is 4.41. The van der Waals surface area contributed by atoms with Crippen LogP contribution in [0.2, 0.25) is 10.0 Å². The van der Waals surface area contributed by atoms with Gasteiger partial charge in [0.05, 0.1) is 12.8 Å². The van der Waals surface area contributed by atoms with Gasteiger partial charge in [0.1, 0.15) is 5.75 Å². The maximum atomic E-state index is 6.26. The molecule has 1 heterocycles. The molecule has 2 aromatic carbocycles. The molecule has 1 N–H and O–H groups in total. The highest BCUT2D eigenvalue weighted by Gasteiger charge is 2.20. The Morgan fingerprint density at radius 3 is 2.54 bits per heavy atom. The van der Waals surface area contributed by atoms with Gasteiger partial charge >= 0.3 is 0 Å². The molecule has 138 valence electrons. The number of thiocarbonyl (C=S) groups is 1. The second-order valence-electron chi connectivity index (χ2n) is 6.13. The summed E-state index contributed by atoms with van der Waals surface area (Å²) in [6.07, 6.45) is 0. The van der Waals surface area contributed by atoms with Crippen LogP contribution in [0.1, 0.15) is 5.56 Å². The molecule has 0 unspecified atom stereocenters. The van der Waals surface area contributed by atoms with Gasteiger partial charge in [-0.3, -0.25) is 4.90 Å². The van der Waals surface area contributed by atoms with Gasteiger partial charge in [0.2, 0.25) is 0 Å². The Hall–Kier alpha value is -1.53. The fraction of sp³-hybridized carbons (Fsp3) is 0.316. The number of hydrogen-bond acceptors (Lipinski definition) is 3. The van der Waals surface area contributed by atoms with E-state index in [0.29, 0.717) is 15.9 Å². The lowest BCUT2D eigenvalue weighted by Gasteiger charge is -2.36. The Bertz CT molecular complexity index is 779. The minimum absolute atomic E-state index is 0.639. The van der Waals surface area contributed by atoms with E-state index < -0.39 is 0 Å². The van der Waals surface area contributed by atoms with E-state index in [1.165, 1.54) is 0 Å². The molecule has 0 atom stereocenters. The van der Waals surface area contributed by atoms with Crippen molar-refractivity contribution in [2.24, 2.45) is 0 Å². The molecular formula is C19H21Cl2N3OS. The molecule has 0 aromatic heterocycles. The highest BCUT2D eigenvalue weighted by molar-refractivity contribution is 7.80. The molecule has 4 nitrogen and oxygen atoms in total. The molecule has 0 saturated carbocycles. The molecule has 0 spiro atoms. The van der Waals surface area contributed by atoms with Crippen LogP contribution in [0.25, 0.3) is 0 Å². The Morgan fingerprint density at radius 2 is 1.85 bits per heavy atom. The smallest absolute Gasteiger partial charge is 0.173 e. The minimum atomic E-state index is 0.639. The van der Waals surface area contributed by atoms with Crippen LogP contribution in [0.3, 0.4) is 0 Å². The van der Waals surface area contributed by atoms with Crippen LogP contribution in [0.5, 0.6) is 5.75 Å². The van der Waals surface area contributed by atoms with Gasteiger partial charge in [-0.1, -0.05) is 41.4 Å². The van der Waals surface area contributed by atoms with E-state index in [1.54, 1.807) is 13.2 Å². The number of piperazine rings is 1. The van der Waals surface area contributed by atoms with Gasteiger partial charge in [0, 0.05) is 42.8 Å². The highest BCUT2D eigenvalue weighted by atomic mass is 35.5. The first kappa shape index (κ1) is 19.2. The topological polar surface area (TPSA) is 27.7 Å². The van der Waals surface area contributed by atoms with Crippen molar-refractivity contribution in [3.05, 3.63) is 58.1 Å². The van der Waals surface area contributed by atoms with Crippen molar-refractivity contribution < 1.29 is 4.74 Å². The fourth-order valence-corrected chi connectivity index (χ4v) is 3.61. The maximum absolute atomic E-state index is 6.26. The molecular weight excluding hydrogens is 389 g/mol. The van der Waals surface area contributed by atoms with Crippen molar-refractivity contribution in [3.8, 4) is 5.75 Å². The van der Waals surface area contributed by atoms with Crippen molar-refractivity contribution in [1.82, 2.24) is 9.80 Å². The van der Waals surface area contributed by atoms with Gasteiger partial charge in [-0.15, -0.1) is 0 Å². The number of nitrogens with one attached hydrogen (secondary N) is 1. The summed E-state index contributed by atoms with van der Waals surface area (Å²) < 4.78 is 5.36. The van der Waals surface area contributed by atoms with E-state index in [9.17, 15) is 0 Å². The Morgan fingerprint density at radius 1 is 1.12 bits per heavy atom. The number of hydrogen-bond donors (Lipinski definition) is 1. The summed E-state index contributed by atoms with van der Waals surface area (Å²) >= 11 is 17.9. The van der Waals surface area contributed by atoms with E-state index >= 15 is 0 Å². The fourth-order valence-electron chi connectivity index (χ4n) is 2.95. The third-order valence-corrected chi connectivity index (χ3v) is 5.38. The van der Waals surface area contributed by atoms with E-state index in [2.05, 4.69) is 21.2 Å². The van der Waals surface area contributed by atoms with E-state index in [4.69, 9.17) is 40.2 Å². The molecule has 1 aliphatic heterocycles. The molecule has 0 aliphatic carbocycles.